The normalized spacial score (nSPS) is 10.9. The molecule has 1 heteroatoms. The van der Waals surface area contributed by atoms with Gasteiger partial charge in [0.1, 0.15) is 0 Å². The minimum atomic E-state index is 1.14. The second-order valence-corrected chi connectivity index (χ2v) is 5.43. The minimum absolute atomic E-state index is 1.14. The van der Waals surface area contributed by atoms with E-state index >= 15 is 0 Å². The first kappa shape index (κ1) is 13.8. The number of benzene rings is 2. The minimum Gasteiger partial charge on any atom is -0.309 e. The number of nitrogens with zero attached hydrogens (tertiary/aromatic N) is 1. The Kier molecular flexibility index (Phi) is 4.75. The van der Waals surface area contributed by atoms with Gasteiger partial charge < -0.3 is 4.90 Å². The highest BCUT2D eigenvalue weighted by Crippen LogP contribution is 2.25. The predicted octanol–water partition coefficient (Wildman–Crippen LogP) is 4.16. The van der Waals surface area contributed by atoms with E-state index in [-0.39, 0.29) is 0 Å². The van der Waals surface area contributed by atoms with Crippen LogP contribution in [0.4, 0.5) is 0 Å². The molecule has 0 N–H and O–H groups in total. The third-order valence-corrected chi connectivity index (χ3v) is 3.43. The maximum absolute atomic E-state index is 2.25. The van der Waals surface area contributed by atoms with E-state index in [1.54, 1.807) is 0 Å². The summed E-state index contributed by atoms with van der Waals surface area (Å²) in [7, 11) is 4.26. The molecule has 0 heterocycles. The van der Waals surface area contributed by atoms with Crippen LogP contribution in [0.1, 0.15) is 17.5 Å². The van der Waals surface area contributed by atoms with Gasteiger partial charge in [0.25, 0.3) is 0 Å². The Labute approximate surface area is 116 Å². The van der Waals surface area contributed by atoms with Gasteiger partial charge in [-0.3, -0.25) is 0 Å². The zero-order chi connectivity index (χ0) is 13.7. The van der Waals surface area contributed by atoms with Crippen molar-refractivity contribution in [1.82, 2.24) is 4.90 Å². The Balaban J connectivity index is 2.18. The summed E-state index contributed by atoms with van der Waals surface area (Å²) in [6.07, 6.45) is 2.35. The largest absolute Gasteiger partial charge is 0.309 e. The molecule has 2 aromatic carbocycles. The molecule has 0 bridgehead atoms. The van der Waals surface area contributed by atoms with Gasteiger partial charge in [-0.2, -0.15) is 0 Å². The Hall–Kier alpha value is -1.60. The van der Waals surface area contributed by atoms with Gasteiger partial charge in [0, 0.05) is 0 Å². The van der Waals surface area contributed by atoms with Crippen LogP contribution in [0.25, 0.3) is 11.1 Å². The molecule has 0 atom stereocenters. The Morgan fingerprint density at radius 3 is 2.26 bits per heavy atom. The maximum atomic E-state index is 2.25. The van der Waals surface area contributed by atoms with Crippen LogP contribution in [-0.4, -0.2) is 25.5 Å². The quantitative estimate of drug-likeness (QED) is 0.773. The van der Waals surface area contributed by atoms with Gasteiger partial charge in [0.15, 0.2) is 0 Å². The van der Waals surface area contributed by atoms with Crippen molar-refractivity contribution in [2.24, 2.45) is 0 Å². The molecule has 2 rings (SSSR count). The smallest absolute Gasteiger partial charge is 0.00217 e. The molecule has 2 aromatic rings. The van der Waals surface area contributed by atoms with Gasteiger partial charge in [0.2, 0.25) is 0 Å². The second kappa shape index (κ2) is 6.53. The molecule has 0 amide bonds. The van der Waals surface area contributed by atoms with Crippen LogP contribution in [0, 0.1) is 6.92 Å². The molecule has 19 heavy (non-hydrogen) atoms. The monoisotopic (exact) mass is 253 g/mol. The molecule has 0 fully saturated rings. The van der Waals surface area contributed by atoms with Crippen molar-refractivity contribution >= 4 is 0 Å². The van der Waals surface area contributed by atoms with E-state index in [9.17, 15) is 0 Å². The fourth-order valence-electron chi connectivity index (χ4n) is 2.34. The molecule has 0 radical (unpaired) electrons. The van der Waals surface area contributed by atoms with Crippen molar-refractivity contribution in [2.75, 3.05) is 20.6 Å². The number of aryl methyl sites for hydroxylation is 2. The highest BCUT2D eigenvalue weighted by Gasteiger charge is 2.04. The van der Waals surface area contributed by atoms with E-state index < -0.39 is 0 Å². The van der Waals surface area contributed by atoms with Crippen LogP contribution in [0.3, 0.4) is 0 Å². The van der Waals surface area contributed by atoms with E-state index in [0.717, 1.165) is 13.0 Å². The van der Waals surface area contributed by atoms with Crippen molar-refractivity contribution in [2.45, 2.75) is 19.8 Å². The SMILES string of the molecule is Cc1ccc(-c2ccccc2CCCN(C)C)cc1. The van der Waals surface area contributed by atoms with Crippen LogP contribution in [0.2, 0.25) is 0 Å². The van der Waals surface area contributed by atoms with E-state index in [1.807, 2.05) is 0 Å². The second-order valence-electron chi connectivity index (χ2n) is 5.43. The fraction of sp³-hybridized carbons (Fsp3) is 0.333. The highest BCUT2D eigenvalue weighted by molar-refractivity contribution is 5.67. The van der Waals surface area contributed by atoms with Gasteiger partial charge in [-0.1, -0.05) is 54.1 Å². The zero-order valence-corrected chi connectivity index (χ0v) is 12.2. The first-order valence-electron chi connectivity index (χ1n) is 6.96. The summed E-state index contributed by atoms with van der Waals surface area (Å²) in [5.41, 5.74) is 5.47. The van der Waals surface area contributed by atoms with Crippen LogP contribution < -0.4 is 0 Å². The summed E-state index contributed by atoms with van der Waals surface area (Å²) in [6.45, 7) is 3.27. The standard InChI is InChI=1S/C18H23N/c1-15-10-12-17(13-11-15)18-9-5-4-7-16(18)8-6-14-19(2)3/h4-5,7,9-13H,6,8,14H2,1-3H3. The Bertz CT molecular complexity index is 511. The summed E-state index contributed by atoms with van der Waals surface area (Å²) < 4.78 is 0. The lowest BCUT2D eigenvalue weighted by Crippen LogP contribution is -2.13. The van der Waals surface area contributed by atoms with Crippen molar-refractivity contribution in [3.05, 3.63) is 59.7 Å². The van der Waals surface area contributed by atoms with Gasteiger partial charge >= 0.3 is 0 Å². The van der Waals surface area contributed by atoms with Crippen molar-refractivity contribution in [3.8, 4) is 11.1 Å². The van der Waals surface area contributed by atoms with Crippen LogP contribution in [0.15, 0.2) is 48.5 Å². The van der Waals surface area contributed by atoms with Crippen LogP contribution in [0.5, 0.6) is 0 Å². The molecular weight excluding hydrogens is 230 g/mol. The van der Waals surface area contributed by atoms with E-state index in [1.165, 1.54) is 28.7 Å². The molecule has 0 unspecified atom stereocenters. The fourth-order valence-corrected chi connectivity index (χ4v) is 2.34. The highest BCUT2D eigenvalue weighted by atomic mass is 15.0. The number of rotatable bonds is 5. The lowest BCUT2D eigenvalue weighted by molar-refractivity contribution is 0.400. The number of hydrogen-bond acceptors (Lipinski definition) is 1. The lowest BCUT2D eigenvalue weighted by Gasteiger charge is -2.12. The predicted molar refractivity (Wildman–Crippen MR) is 83.5 cm³/mol. The van der Waals surface area contributed by atoms with E-state index in [2.05, 4.69) is 74.4 Å². The molecule has 0 aliphatic heterocycles. The summed E-state index contributed by atoms with van der Waals surface area (Å²) in [4.78, 5) is 2.24. The van der Waals surface area contributed by atoms with Gasteiger partial charge in [0.05, 0.1) is 0 Å². The summed E-state index contributed by atoms with van der Waals surface area (Å²) in [5, 5.41) is 0. The topological polar surface area (TPSA) is 3.24 Å². The van der Waals surface area contributed by atoms with Crippen molar-refractivity contribution in [1.29, 1.82) is 0 Å². The summed E-state index contributed by atoms with van der Waals surface area (Å²) in [5.74, 6) is 0. The van der Waals surface area contributed by atoms with Gasteiger partial charge in [-0.25, -0.2) is 0 Å². The molecule has 0 saturated heterocycles. The summed E-state index contributed by atoms with van der Waals surface area (Å²) >= 11 is 0. The van der Waals surface area contributed by atoms with E-state index in [4.69, 9.17) is 0 Å². The molecule has 0 saturated carbocycles. The van der Waals surface area contributed by atoms with Crippen LogP contribution >= 0.6 is 0 Å². The molecule has 1 nitrogen and oxygen atoms in total. The average Bonchev–Trinajstić information content (AvgIpc) is 2.40. The molecule has 0 spiro atoms. The molecule has 0 aliphatic rings. The van der Waals surface area contributed by atoms with Crippen molar-refractivity contribution < 1.29 is 0 Å². The molecule has 0 aromatic heterocycles. The lowest BCUT2D eigenvalue weighted by atomic mass is 9.96. The molecule has 0 aliphatic carbocycles. The average molecular weight is 253 g/mol. The third kappa shape index (κ3) is 3.93. The van der Waals surface area contributed by atoms with E-state index in [0.29, 0.717) is 0 Å². The first-order valence-corrected chi connectivity index (χ1v) is 6.96. The third-order valence-electron chi connectivity index (χ3n) is 3.43. The van der Waals surface area contributed by atoms with Crippen LogP contribution in [-0.2, 0) is 6.42 Å². The summed E-state index contributed by atoms with van der Waals surface area (Å²) in [6, 6.07) is 17.6. The maximum Gasteiger partial charge on any atom is -0.00217 e. The molecular formula is C18H23N. The first-order chi connectivity index (χ1) is 9.16. The van der Waals surface area contributed by atoms with Gasteiger partial charge in [-0.05, 0) is 57.1 Å². The van der Waals surface area contributed by atoms with Gasteiger partial charge in [-0.15, -0.1) is 0 Å². The Morgan fingerprint density at radius 2 is 1.58 bits per heavy atom. The zero-order valence-electron chi connectivity index (χ0n) is 12.2. The van der Waals surface area contributed by atoms with Crippen molar-refractivity contribution in [3.63, 3.8) is 0 Å². The number of hydrogen-bond donors (Lipinski definition) is 0. The molecule has 100 valence electrons. The Morgan fingerprint density at radius 1 is 0.895 bits per heavy atom.